The largest absolute Gasteiger partial charge is 0.494 e. The van der Waals surface area contributed by atoms with Crippen LogP contribution in [0.5, 0.6) is 11.5 Å². The molecule has 5 heteroatoms. The normalized spacial score (nSPS) is 10.6. The lowest BCUT2D eigenvalue weighted by molar-refractivity contribution is -0.122. The molecular weight excluding hydrogens is 328 g/mol. The first-order valence-electron chi connectivity index (χ1n) is 8.93. The molecule has 140 valence electrons. The molecular formula is C21H28N2O3. The lowest BCUT2D eigenvalue weighted by Gasteiger charge is -2.16. The van der Waals surface area contributed by atoms with Gasteiger partial charge in [-0.05, 0) is 50.7 Å². The van der Waals surface area contributed by atoms with Crippen molar-refractivity contribution in [3.8, 4) is 11.5 Å². The van der Waals surface area contributed by atoms with Crippen LogP contribution in [-0.2, 0) is 11.3 Å². The molecule has 0 spiro atoms. The number of nitrogens with one attached hydrogen (secondary N) is 1. The third kappa shape index (κ3) is 7.15. The predicted octanol–water partition coefficient (Wildman–Crippen LogP) is 3.02. The van der Waals surface area contributed by atoms with Crippen molar-refractivity contribution < 1.29 is 14.3 Å². The molecule has 0 heterocycles. The molecule has 0 radical (unpaired) electrons. The second-order valence-electron chi connectivity index (χ2n) is 6.26. The van der Waals surface area contributed by atoms with E-state index in [9.17, 15) is 4.79 Å². The van der Waals surface area contributed by atoms with E-state index in [4.69, 9.17) is 9.47 Å². The van der Waals surface area contributed by atoms with Crippen LogP contribution in [0.1, 0.15) is 18.1 Å². The molecule has 0 bridgehead atoms. The maximum absolute atomic E-state index is 12.0. The third-order valence-electron chi connectivity index (χ3n) is 3.81. The summed E-state index contributed by atoms with van der Waals surface area (Å²) < 4.78 is 11.0. The Kier molecular flexibility index (Phi) is 7.96. The Labute approximate surface area is 155 Å². The molecule has 26 heavy (non-hydrogen) atoms. The molecule has 0 unspecified atom stereocenters. The smallest absolute Gasteiger partial charge is 0.234 e. The van der Waals surface area contributed by atoms with Gasteiger partial charge in [-0.3, -0.25) is 9.69 Å². The molecule has 0 saturated heterocycles. The van der Waals surface area contributed by atoms with Crippen LogP contribution in [0.25, 0.3) is 0 Å². The van der Waals surface area contributed by atoms with E-state index in [0.29, 0.717) is 26.3 Å². The summed E-state index contributed by atoms with van der Waals surface area (Å²) in [5.41, 5.74) is 2.44. The van der Waals surface area contributed by atoms with E-state index in [1.165, 1.54) is 11.1 Å². The molecule has 0 aliphatic rings. The fourth-order valence-corrected chi connectivity index (χ4v) is 2.52. The van der Waals surface area contributed by atoms with E-state index in [-0.39, 0.29) is 5.91 Å². The van der Waals surface area contributed by atoms with Gasteiger partial charge >= 0.3 is 0 Å². The summed E-state index contributed by atoms with van der Waals surface area (Å²) in [4.78, 5) is 14.0. The number of likely N-dealkylation sites (N-methyl/N-ethyl adjacent to an activating group) is 1. The number of carbonyl (C=O) groups excluding carboxylic acids is 1. The summed E-state index contributed by atoms with van der Waals surface area (Å²) in [5, 5.41) is 2.88. The van der Waals surface area contributed by atoms with Crippen LogP contribution >= 0.6 is 0 Å². The molecule has 0 aliphatic heterocycles. The van der Waals surface area contributed by atoms with E-state index in [0.717, 1.165) is 18.0 Å². The Bertz CT molecular complexity index is 669. The predicted molar refractivity (Wildman–Crippen MR) is 104 cm³/mol. The number of hydrogen-bond donors (Lipinski definition) is 1. The lowest BCUT2D eigenvalue weighted by Crippen LogP contribution is -2.36. The van der Waals surface area contributed by atoms with Crippen LogP contribution in [-0.4, -0.2) is 44.2 Å². The van der Waals surface area contributed by atoms with Crippen molar-refractivity contribution in [3.05, 3.63) is 59.7 Å². The van der Waals surface area contributed by atoms with Gasteiger partial charge in [0.05, 0.1) is 19.7 Å². The maximum Gasteiger partial charge on any atom is 0.234 e. The van der Waals surface area contributed by atoms with Gasteiger partial charge in [-0.1, -0.05) is 29.8 Å². The van der Waals surface area contributed by atoms with Crippen LogP contribution in [0, 0.1) is 6.92 Å². The lowest BCUT2D eigenvalue weighted by atomic mass is 10.1. The SMILES string of the molecule is CCOc1ccc(OCCNC(=O)CN(C)Cc2ccc(C)cc2)cc1. The summed E-state index contributed by atoms with van der Waals surface area (Å²) >= 11 is 0. The standard InChI is InChI=1S/C21H28N2O3/c1-4-25-19-9-11-20(12-10-19)26-14-13-22-21(24)16-23(3)15-18-7-5-17(2)6-8-18/h5-12H,4,13-16H2,1-3H3,(H,22,24). The molecule has 0 atom stereocenters. The molecule has 2 aromatic carbocycles. The van der Waals surface area contributed by atoms with Gasteiger partial charge in [0.15, 0.2) is 0 Å². The van der Waals surface area contributed by atoms with Gasteiger partial charge < -0.3 is 14.8 Å². The molecule has 0 aliphatic carbocycles. The highest BCUT2D eigenvalue weighted by Crippen LogP contribution is 2.17. The van der Waals surface area contributed by atoms with Crippen LogP contribution in [0.3, 0.4) is 0 Å². The third-order valence-corrected chi connectivity index (χ3v) is 3.81. The number of hydrogen-bond acceptors (Lipinski definition) is 4. The average molecular weight is 356 g/mol. The minimum Gasteiger partial charge on any atom is -0.494 e. The van der Waals surface area contributed by atoms with Crippen LogP contribution < -0.4 is 14.8 Å². The van der Waals surface area contributed by atoms with Crippen molar-refractivity contribution in [1.82, 2.24) is 10.2 Å². The average Bonchev–Trinajstić information content (AvgIpc) is 2.62. The maximum atomic E-state index is 12.0. The Hall–Kier alpha value is -2.53. The highest BCUT2D eigenvalue weighted by Gasteiger charge is 2.07. The number of rotatable bonds is 10. The van der Waals surface area contributed by atoms with Crippen molar-refractivity contribution >= 4 is 5.91 Å². The first kappa shape index (κ1) is 19.8. The summed E-state index contributed by atoms with van der Waals surface area (Å²) in [7, 11) is 1.94. The summed E-state index contributed by atoms with van der Waals surface area (Å²) in [6, 6.07) is 15.8. The second-order valence-corrected chi connectivity index (χ2v) is 6.26. The van der Waals surface area contributed by atoms with Crippen molar-refractivity contribution in [2.45, 2.75) is 20.4 Å². The van der Waals surface area contributed by atoms with Gasteiger partial charge in [-0.25, -0.2) is 0 Å². The minimum atomic E-state index is -0.00472. The Morgan fingerprint density at radius 1 is 1.00 bits per heavy atom. The van der Waals surface area contributed by atoms with Gasteiger partial charge in [0.1, 0.15) is 18.1 Å². The van der Waals surface area contributed by atoms with E-state index >= 15 is 0 Å². The molecule has 1 amide bonds. The quantitative estimate of drug-likeness (QED) is 0.665. The molecule has 0 fully saturated rings. The zero-order chi connectivity index (χ0) is 18.8. The monoisotopic (exact) mass is 356 g/mol. The Balaban J connectivity index is 1.62. The van der Waals surface area contributed by atoms with Crippen molar-refractivity contribution in [3.63, 3.8) is 0 Å². The topological polar surface area (TPSA) is 50.8 Å². The fourth-order valence-electron chi connectivity index (χ4n) is 2.52. The van der Waals surface area contributed by atoms with Crippen LogP contribution in [0.2, 0.25) is 0 Å². The number of nitrogens with zero attached hydrogens (tertiary/aromatic N) is 1. The van der Waals surface area contributed by atoms with Gasteiger partial charge in [0, 0.05) is 6.54 Å². The molecule has 1 N–H and O–H groups in total. The van der Waals surface area contributed by atoms with Crippen LogP contribution in [0.4, 0.5) is 0 Å². The highest BCUT2D eigenvalue weighted by atomic mass is 16.5. The summed E-state index contributed by atoms with van der Waals surface area (Å²) in [5.74, 6) is 1.58. The number of carbonyl (C=O) groups is 1. The zero-order valence-corrected chi connectivity index (χ0v) is 15.8. The number of benzene rings is 2. The van der Waals surface area contributed by atoms with Crippen molar-refractivity contribution in [1.29, 1.82) is 0 Å². The zero-order valence-electron chi connectivity index (χ0n) is 15.8. The first-order chi connectivity index (χ1) is 12.6. The van der Waals surface area contributed by atoms with Gasteiger partial charge in [0.2, 0.25) is 5.91 Å². The van der Waals surface area contributed by atoms with Crippen LogP contribution in [0.15, 0.2) is 48.5 Å². The molecule has 2 rings (SSSR count). The van der Waals surface area contributed by atoms with E-state index in [1.54, 1.807) is 0 Å². The summed E-state index contributed by atoms with van der Waals surface area (Å²) in [6.45, 7) is 6.67. The number of amides is 1. The van der Waals surface area contributed by atoms with Gasteiger partial charge in [0.25, 0.3) is 0 Å². The van der Waals surface area contributed by atoms with Gasteiger partial charge in [-0.15, -0.1) is 0 Å². The minimum absolute atomic E-state index is 0.00472. The molecule has 5 nitrogen and oxygen atoms in total. The molecule has 0 saturated carbocycles. The second kappa shape index (κ2) is 10.5. The first-order valence-corrected chi connectivity index (χ1v) is 8.93. The number of ether oxygens (including phenoxy) is 2. The van der Waals surface area contributed by atoms with Crippen molar-refractivity contribution in [2.24, 2.45) is 0 Å². The van der Waals surface area contributed by atoms with E-state index < -0.39 is 0 Å². The van der Waals surface area contributed by atoms with Gasteiger partial charge in [-0.2, -0.15) is 0 Å². The molecule has 2 aromatic rings. The Morgan fingerprint density at radius 3 is 2.23 bits per heavy atom. The fraction of sp³-hybridized carbons (Fsp3) is 0.381. The van der Waals surface area contributed by atoms with Crippen molar-refractivity contribution in [2.75, 3.05) is 33.4 Å². The van der Waals surface area contributed by atoms with E-state index in [1.807, 2.05) is 43.1 Å². The Morgan fingerprint density at radius 2 is 1.62 bits per heavy atom. The number of aryl methyl sites for hydroxylation is 1. The molecule has 0 aromatic heterocycles. The summed E-state index contributed by atoms with van der Waals surface area (Å²) in [6.07, 6.45) is 0. The van der Waals surface area contributed by atoms with E-state index in [2.05, 4.69) is 36.5 Å². The highest BCUT2D eigenvalue weighted by molar-refractivity contribution is 5.77.